The summed E-state index contributed by atoms with van der Waals surface area (Å²) in [7, 11) is 0. The lowest BCUT2D eigenvalue weighted by atomic mass is 9.48. The van der Waals surface area contributed by atoms with E-state index in [0.29, 0.717) is 11.2 Å². The van der Waals surface area contributed by atoms with Gasteiger partial charge in [-0.1, -0.05) is 36.4 Å². The topological polar surface area (TPSA) is 72.7 Å². The summed E-state index contributed by atoms with van der Waals surface area (Å²) in [5, 5.41) is 15.5. The number of halogens is 1. The molecule has 0 spiro atoms. The summed E-state index contributed by atoms with van der Waals surface area (Å²) in [6, 6.07) is 16.2. The summed E-state index contributed by atoms with van der Waals surface area (Å²) >= 11 is 3.62. The number of aromatic nitrogens is 4. The van der Waals surface area contributed by atoms with E-state index in [2.05, 4.69) is 54.9 Å². The predicted octanol–water partition coefficient (Wildman–Crippen LogP) is 5.21. The van der Waals surface area contributed by atoms with Crippen LogP contribution in [0.4, 0.5) is 5.69 Å². The van der Waals surface area contributed by atoms with Crippen LogP contribution in [0.5, 0.6) is 0 Å². The average Bonchev–Trinajstić information content (AvgIpc) is 3.23. The number of tetrazole rings is 1. The van der Waals surface area contributed by atoms with Crippen molar-refractivity contribution in [1.82, 2.24) is 20.2 Å². The van der Waals surface area contributed by atoms with Gasteiger partial charge in [0.1, 0.15) is 6.54 Å². The third kappa shape index (κ3) is 3.66. The van der Waals surface area contributed by atoms with E-state index >= 15 is 0 Å². The van der Waals surface area contributed by atoms with Gasteiger partial charge < -0.3 is 5.32 Å². The minimum atomic E-state index is -0.162. The highest BCUT2D eigenvalue weighted by atomic mass is 79.9. The SMILES string of the molecule is O=C(Cn1nnc(-c2ccccc2)n1)Nc1cc(C23CC4CC(CC(C4)C2)C3)ccc1Br. The second-order valence-electron chi connectivity index (χ2n) is 9.95. The Morgan fingerprint density at radius 3 is 2.41 bits per heavy atom. The highest BCUT2D eigenvalue weighted by Crippen LogP contribution is 2.61. The third-order valence-electron chi connectivity index (χ3n) is 7.66. The molecule has 164 valence electrons. The highest BCUT2D eigenvalue weighted by molar-refractivity contribution is 9.10. The van der Waals surface area contributed by atoms with Gasteiger partial charge >= 0.3 is 0 Å². The molecule has 0 aliphatic heterocycles. The molecule has 1 N–H and O–H groups in total. The molecule has 0 saturated heterocycles. The Hall–Kier alpha value is -2.54. The van der Waals surface area contributed by atoms with Crippen molar-refractivity contribution in [3.8, 4) is 11.4 Å². The first-order valence-corrected chi connectivity index (χ1v) is 12.3. The van der Waals surface area contributed by atoms with Crippen molar-refractivity contribution < 1.29 is 4.79 Å². The number of benzene rings is 2. The van der Waals surface area contributed by atoms with Gasteiger partial charge in [-0.3, -0.25) is 4.79 Å². The minimum absolute atomic E-state index is 0.0217. The van der Waals surface area contributed by atoms with E-state index in [1.165, 1.54) is 48.9 Å². The zero-order valence-corrected chi connectivity index (χ0v) is 19.5. The van der Waals surface area contributed by atoms with Gasteiger partial charge in [0, 0.05) is 10.0 Å². The fourth-order valence-electron chi connectivity index (χ4n) is 6.75. The van der Waals surface area contributed by atoms with Gasteiger partial charge in [-0.05, 0) is 101 Å². The van der Waals surface area contributed by atoms with Crippen LogP contribution in [0.3, 0.4) is 0 Å². The second kappa shape index (κ2) is 7.80. The minimum Gasteiger partial charge on any atom is -0.323 e. The maximum atomic E-state index is 12.8. The third-order valence-corrected chi connectivity index (χ3v) is 8.35. The van der Waals surface area contributed by atoms with Gasteiger partial charge in [0.15, 0.2) is 0 Å². The molecule has 1 aromatic heterocycles. The van der Waals surface area contributed by atoms with Gasteiger partial charge in [0.25, 0.3) is 0 Å². The van der Waals surface area contributed by atoms with Crippen molar-refractivity contribution in [2.24, 2.45) is 17.8 Å². The van der Waals surface area contributed by atoms with E-state index in [4.69, 9.17) is 0 Å². The van der Waals surface area contributed by atoms with Crippen LogP contribution in [-0.4, -0.2) is 26.1 Å². The quantitative estimate of drug-likeness (QED) is 0.531. The van der Waals surface area contributed by atoms with Gasteiger partial charge in [-0.2, -0.15) is 4.80 Å². The van der Waals surface area contributed by atoms with Crippen molar-refractivity contribution in [1.29, 1.82) is 0 Å². The molecule has 1 heterocycles. The molecule has 4 aliphatic carbocycles. The van der Waals surface area contributed by atoms with Crippen LogP contribution in [0.2, 0.25) is 0 Å². The maximum Gasteiger partial charge on any atom is 0.248 e. The van der Waals surface area contributed by atoms with Crippen molar-refractivity contribution >= 4 is 27.5 Å². The van der Waals surface area contributed by atoms with E-state index in [1.54, 1.807) is 0 Å². The number of carbonyl (C=O) groups excluding carboxylic acids is 1. The Morgan fingerprint density at radius 1 is 1.03 bits per heavy atom. The second-order valence-corrected chi connectivity index (χ2v) is 10.8. The molecule has 32 heavy (non-hydrogen) atoms. The summed E-state index contributed by atoms with van der Waals surface area (Å²) in [4.78, 5) is 14.1. The molecule has 2 aromatic carbocycles. The summed E-state index contributed by atoms with van der Waals surface area (Å²) in [5.74, 6) is 3.02. The van der Waals surface area contributed by atoms with Gasteiger partial charge in [-0.25, -0.2) is 0 Å². The maximum absolute atomic E-state index is 12.8. The van der Waals surface area contributed by atoms with Crippen molar-refractivity contribution in [2.75, 3.05) is 5.32 Å². The molecule has 4 saturated carbocycles. The summed E-state index contributed by atoms with van der Waals surface area (Å²) < 4.78 is 0.899. The lowest BCUT2D eigenvalue weighted by Crippen LogP contribution is -2.48. The molecule has 7 heteroatoms. The first-order chi connectivity index (χ1) is 15.6. The van der Waals surface area contributed by atoms with Crippen LogP contribution in [0.25, 0.3) is 11.4 Å². The van der Waals surface area contributed by atoms with Gasteiger partial charge in [-0.15, -0.1) is 10.2 Å². The van der Waals surface area contributed by atoms with Crippen molar-refractivity contribution in [3.63, 3.8) is 0 Å². The Labute approximate surface area is 195 Å². The molecule has 4 bridgehead atoms. The normalized spacial score (nSPS) is 28.1. The monoisotopic (exact) mass is 491 g/mol. The first kappa shape index (κ1) is 20.1. The summed E-state index contributed by atoms with van der Waals surface area (Å²) in [6.07, 6.45) is 8.19. The highest BCUT2D eigenvalue weighted by Gasteiger charge is 2.51. The summed E-state index contributed by atoms with van der Waals surface area (Å²) in [5.41, 5.74) is 3.39. The fraction of sp³-hybridized carbons (Fsp3) is 0.440. The first-order valence-electron chi connectivity index (χ1n) is 11.5. The number of hydrogen-bond acceptors (Lipinski definition) is 4. The van der Waals surface area contributed by atoms with Crippen LogP contribution in [0, 0.1) is 17.8 Å². The summed E-state index contributed by atoms with van der Waals surface area (Å²) in [6.45, 7) is 0.0217. The molecule has 4 aliphatic rings. The van der Waals surface area contributed by atoms with Gasteiger partial charge in [0.05, 0.1) is 5.69 Å². The Balaban J connectivity index is 1.19. The number of anilines is 1. The molecule has 4 fully saturated rings. The number of nitrogens with one attached hydrogen (secondary N) is 1. The van der Waals surface area contributed by atoms with Crippen LogP contribution in [-0.2, 0) is 16.8 Å². The van der Waals surface area contributed by atoms with Crippen molar-refractivity contribution in [2.45, 2.75) is 50.5 Å². The van der Waals surface area contributed by atoms with Crippen LogP contribution in [0.15, 0.2) is 53.0 Å². The molecule has 7 rings (SSSR count). The molecule has 0 radical (unpaired) electrons. The Kier molecular flexibility index (Phi) is 4.90. The predicted molar refractivity (Wildman–Crippen MR) is 126 cm³/mol. The Bertz CT molecular complexity index is 1120. The van der Waals surface area contributed by atoms with E-state index in [9.17, 15) is 4.79 Å². The van der Waals surface area contributed by atoms with E-state index < -0.39 is 0 Å². The smallest absolute Gasteiger partial charge is 0.248 e. The Morgan fingerprint density at radius 2 is 1.72 bits per heavy atom. The lowest BCUT2D eigenvalue weighted by Gasteiger charge is -2.57. The standard InChI is InChI=1S/C25H26BrN5O/c26-21-7-6-20(25-12-16-8-17(13-25)10-18(9-16)14-25)11-22(21)27-23(32)15-31-29-24(28-30-31)19-4-2-1-3-5-19/h1-7,11,16-18H,8-10,12-15H2,(H,27,32). The zero-order valence-electron chi connectivity index (χ0n) is 17.9. The van der Waals surface area contributed by atoms with Crippen LogP contribution in [0.1, 0.15) is 44.1 Å². The molecular weight excluding hydrogens is 466 g/mol. The van der Waals surface area contributed by atoms with Crippen molar-refractivity contribution in [3.05, 3.63) is 58.6 Å². The zero-order chi connectivity index (χ0) is 21.7. The molecular formula is C25H26BrN5O. The number of rotatable bonds is 5. The molecule has 0 unspecified atom stereocenters. The molecule has 6 nitrogen and oxygen atoms in total. The number of hydrogen-bond donors (Lipinski definition) is 1. The van der Waals surface area contributed by atoms with Gasteiger partial charge in [0.2, 0.25) is 11.7 Å². The van der Waals surface area contributed by atoms with Crippen LogP contribution < -0.4 is 5.32 Å². The largest absolute Gasteiger partial charge is 0.323 e. The molecule has 3 aromatic rings. The fourth-order valence-corrected chi connectivity index (χ4v) is 7.09. The molecule has 1 amide bonds. The van der Waals surface area contributed by atoms with E-state index in [1.807, 2.05) is 30.3 Å². The number of nitrogens with zero attached hydrogens (tertiary/aromatic N) is 4. The van der Waals surface area contributed by atoms with E-state index in [-0.39, 0.29) is 12.5 Å². The average molecular weight is 492 g/mol. The molecule has 0 atom stereocenters. The van der Waals surface area contributed by atoms with E-state index in [0.717, 1.165) is 33.5 Å². The lowest BCUT2D eigenvalue weighted by molar-refractivity contribution is -0.117. The van der Waals surface area contributed by atoms with Crippen LogP contribution >= 0.6 is 15.9 Å². The number of carbonyl (C=O) groups is 1. The number of amides is 1.